The first-order valence-electron chi connectivity index (χ1n) is 4.22. The van der Waals surface area contributed by atoms with Gasteiger partial charge in [0.25, 0.3) is 0 Å². The van der Waals surface area contributed by atoms with E-state index in [1.807, 2.05) is 0 Å². The predicted molar refractivity (Wildman–Crippen MR) is 50.4 cm³/mol. The fraction of sp³-hybridized carbons (Fsp3) is 0.750. The van der Waals surface area contributed by atoms with Crippen LogP contribution in [-0.2, 0) is 9.53 Å². The Morgan fingerprint density at radius 2 is 2.15 bits per heavy atom. The summed E-state index contributed by atoms with van der Waals surface area (Å²) in [6, 6.07) is 0. The Morgan fingerprint density at radius 3 is 2.62 bits per heavy atom. The second-order valence-corrected chi connectivity index (χ2v) is 2.85. The predicted octanol–water partition coefficient (Wildman–Crippen LogP) is 0.155. The average molecular weight is 187 g/mol. The number of nitrogens with two attached hydrogens (primary N) is 1. The Bertz CT molecular complexity index is 182. The third-order valence-electron chi connectivity index (χ3n) is 1.60. The number of hydrogen-bond donors (Lipinski definition) is 2. The molecule has 0 aliphatic heterocycles. The van der Waals surface area contributed by atoms with Crippen LogP contribution >= 0.6 is 0 Å². The van der Waals surface area contributed by atoms with E-state index in [1.54, 1.807) is 11.9 Å². The lowest BCUT2D eigenvalue weighted by Gasteiger charge is -2.15. The molecule has 76 valence electrons. The summed E-state index contributed by atoms with van der Waals surface area (Å²) < 4.78 is 4.74. The van der Waals surface area contributed by atoms with Crippen LogP contribution in [0.5, 0.6) is 0 Å². The van der Waals surface area contributed by atoms with Gasteiger partial charge in [0.2, 0.25) is 0 Å². The highest BCUT2D eigenvalue weighted by Crippen LogP contribution is 1.93. The number of hydrogen-bond acceptors (Lipinski definition) is 3. The van der Waals surface area contributed by atoms with Gasteiger partial charge in [-0.25, -0.2) is 0 Å². The number of rotatable bonds is 5. The monoisotopic (exact) mass is 187 g/mol. The summed E-state index contributed by atoms with van der Waals surface area (Å²) in [5, 5.41) is 7.07. The minimum atomic E-state index is -0.250. The Kier molecular flexibility index (Phi) is 5.67. The van der Waals surface area contributed by atoms with Crippen molar-refractivity contribution in [1.29, 1.82) is 5.41 Å². The van der Waals surface area contributed by atoms with Crippen molar-refractivity contribution in [3.8, 4) is 0 Å². The molecular weight excluding hydrogens is 170 g/mol. The van der Waals surface area contributed by atoms with E-state index >= 15 is 0 Å². The number of ether oxygens (including phenoxy) is 1. The van der Waals surface area contributed by atoms with E-state index in [1.165, 1.54) is 6.92 Å². The molecule has 0 amide bonds. The van der Waals surface area contributed by atoms with Crippen LogP contribution in [0.4, 0.5) is 0 Å². The molecule has 0 aromatic rings. The van der Waals surface area contributed by atoms with Crippen LogP contribution in [0.15, 0.2) is 0 Å². The number of unbranched alkanes of at least 4 members (excludes halogenated alkanes) is 1. The SMILES string of the molecule is CC(=O)OCCCCN(C)C(=N)N. The summed E-state index contributed by atoms with van der Waals surface area (Å²) >= 11 is 0. The standard InChI is InChI=1S/C8H17N3O2/c1-7(12)13-6-4-3-5-11(2)8(9)10/h3-6H2,1-2H3,(H3,9,10). The zero-order valence-electron chi connectivity index (χ0n) is 8.17. The number of nitrogens with zero attached hydrogens (tertiary/aromatic N) is 1. The molecule has 0 aliphatic rings. The molecule has 0 aliphatic carbocycles. The van der Waals surface area contributed by atoms with E-state index in [0.717, 1.165) is 19.4 Å². The van der Waals surface area contributed by atoms with Crippen molar-refractivity contribution in [1.82, 2.24) is 4.90 Å². The van der Waals surface area contributed by atoms with Crippen LogP contribution in [0.3, 0.4) is 0 Å². The first-order chi connectivity index (χ1) is 6.04. The first kappa shape index (κ1) is 11.7. The van der Waals surface area contributed by atoms with Gasteiger partial charge in [0.1, 0.15) is 0 Å². The summed E-state index contributed by atoms with van der Waals surface area (Å²) in [5.41, 5.74) is 5.22. The molecule has 0 fully saturated rings. The highest BCUT2D eigenvalue weighted by atomic mass is 16.5. The molecule has 0 saturated heterocycles. The quantitative estimate of drug-likeness (QED) is 0.278. The smallest absolute Gasteiger partial charge is 0.302 e. The Balaban J connectivity index is 3.26. The molecule has 0 saturated carbocycles. The molecule has 0 radical (unpaired) electrons. The van der Waals surface area contributed by atoms with E-state index in [9.17, 15) is 4.79 Å². The van der Waals surface area contributed by atoms with Crippen molar-refractivity contribution >= 4 is 11.9 Å². The van der Waals surface area contributed by atoms with Gasteiger partial charge in [-0.3, -0.25) is 10.2 Å². The van der Waals surface area contributed by atoms with Crippen LogP contribution in [0.1, 0.15) is 19.8 Å². The van der Waals surface area contributed by atoms with Crippen molar-refractivity contribution in [2.75, 3.05) is 20.2 Å². The van der Waals surface area contributed by atoms with Gasteiger partial charge in [-0.15, -0.1) is 0 Å². The number of esters is 1. The zero-order chi connectivity index (χ0) is 10.3. The maximum Gasteiger partial charge on any atom is 0.302 e. The van der Waals surface area contributed by atoms with Gasteiger partial charge in [0.15, 0.2) is 5.96 Å². The fourth-order valence-electron chi connectivity index (χ4n) is 0.787. The van der Waals surface area contributed by atoms with Crippen LogP contribution < -0.4 is 5.73 Å². The summed E-state index contributed by atoms with van der Waals surface area (Å²) in [4.78, 5) is 12.0. The van der Waals surface area contributed by atoms with E-state index in [-0.39, 0.29) is 11.9 Å². The van der Waals surface area contributed by atoms with Crippen molar-refractivity contribution in [3.05, 3.63) is 0 Å². The molecule has 0 aromatic heterocycles. The highest BCUT2D eigenvalue weighted by molar-refractivity contribution is 5.74. The molecule has 13 heavy (non-hydrogen) atoms. The maximum atomic E-state index is 10.4. The van der Waals surface area contributed by atoms with Crippen LogP contribution in [0, 0.1) is 5.41 Å². The normalized spacial score (nSPS) is 9.38. The number of nitrogens with one attached hydrogen (secondary N) is 1. The molecular formula is C8H17N3O2. The Labute approximate surface area is 78.4 Å². The van der Waals surface area contributed by atoms with Crippen molar-refractivity contribution in [2.24, 2.45) is 5.73 Å². The van der Waals surface area contributed by atoms with Gasteiger partial charge in [-0.1, -0.05) is 0 Å². The Hall–Kier alpha value is -1.26. The van der Waals surface area contributed by atoms with Crippen molar-refractivity contribution in [3.63, 3.8) is 0 Å². The van der Waals surface area contributed by atoms with Crippen LogP contribution in [0.2, 0.25) is 0 Å². The van der Waals surface area contributed by atoms with Gasteiger partial charge in [0.05, 0.1) is 6.61 Å². The molecule has 5 nitrogen and oxygen atoms in total. The lowest BCUT2D eigenvalue weighted by Crippen LogP contribution is -2.33. The number of carbonyl (C=O) groups is 1. The highest BCUT2D eigenvalue weighted by Gasteiger charge is 1.98. The molecule has 0 rings (SSSR count). The second kappa shape index (κ2) is 6.28. The molecule has 0 atom stereocenters. The van der Waals surface area contributed by atoms with Gasteiger partial charge in [-0.2, -0.15) is 0 Å². The molecule has 5 heteroatoms. The maximum absolute atomic E-state index is 10.4. The summed E-state index contributed by atoms with van der Waals surface area (Å²) in [7, 11) is 1.76. The van der Waals surface area contributed by atoms with E-state index in [4.69, 9.17) is 15.9 Å². The Morgan fingerprint density at radius 1 is 1.54 bits per heavy atom. The zero-order valence-corrected chi connectivity index (χ0v) is 8.17. The fourth-order valence-corrected chi connectivity index (χ4v) is 0.787. The summed E-state index contributed by atoms with van der Waals surface area (Å²) in [6.45, 7) is 2.55. The largest absolute Gasteiger partial charge is 0.466 e. The van der Waals surface area contributed by atoms with Crippen LogP contribution in [0.25, 0.3) is 0 Å². The van der Waals surface area contributed by atoms with Gasteiger partial charge < -0.3 is 15.4 Å². The molecule has 0 spiro atoms. The summed E-state index contributed by atoms with van der Waals surface area (Å²) in [6.07, 6.45) is 1.67. The van der Waals surface area contributed by atoms with Gasteiger partial charge in [0, 0.05) is 20.5 Å². The minimum Gasteiger partial charge on any atom is -0.466 e. The third-order valence-corrected chi connectivity index (χ3v) is 1.60. The van der Waals surface area contributed by atoms with Gasteiger partial charge >= 0.3 is 5.97 Å². The van der Waals surface area contributed by atoms with Crippen molar-refractivity contribution < 1.29 is 9.53 Å². The first-order valence-corrected chi connectivity index (χ1v) is 4.22. The van der Waals surface area contributed by atoms with Crippen molar-refractivity contribution in [2.45, 2.75) is 19.8 Å². The second-order valence-electron chi connectivity index (χ2n) is 2.85. The molecule has 0 heterocycles. The number of carbonyl (C=O) groups excluding carboxylic acids is 1. The average Bonchev–Trinajstić information content (AvgIpc) is 2.02. The molecule has 0 aromatic carbocycles. The number of guanidine groups is 1. The topological polar surface area (TPSA) is 79.4 Å². The molecule has 3 N–H and O–H groups in total. The molecule has 0 unspecified atom stereocenters. The van der Waals surface area contributed by atoms with Crippen LogP contribution in [-0.4, -0.2) is 37.0 Å². The lowest BCUT2D eigenvalue weighted by molar-refractivity contribution is -0.141. The lowest BCUT2D eigenvalue weighted by atomic mass is 10.3. The van der Waals surface area contributed by atoms with E-state index in [2.05, 4.69) is 0 Å². The van der Waals surface area contributed by atoms with Gasteiger partial charge in [-0.05, 0) is 12.8 Å². The summed E-state index contributed by atoms with van der Waals surface area (Å²) in [5.74, 6) is -0.188. The molecule has 0 bridgehead atoms. The third kappa shape index (κ3) is 7.11. The van der Waals surface area contributed by atoms with E-state index < -0.39 is 0 Å². The minimum absolute atomic E-state index is 0.0625. The van der Waals surface area contributed by atoms with E-state index in [0.29, 0.717) is 6.61 Å².